The zero-order valence-electron chi connectivity index (χ0n) is 20.6. The summed E-state index contributed by atoms with van der Waals surface area (Å²) < 4.78 is 28.8. The van der Waals surface area contributed by atoms with Crippen LogP contribution < -0.4 is 5.32 Å². The second-order valence-electron chi connectivity index (χ2n) is 8.91. The number of benzene rings is 2. The molecule has 6 rings (SSSR count). The minimum absolute atomic E-state index is 0.0282. The first-order chi connectivity index (χ1) is 18.8. The van der Waals surface area contributed by atoms with E-state index in [-0.39, 0.29) is 22.9 Å². The predicted molar refractivity (Wildman–Crippen MR) is 149 cm³/mol. The average molecular weight is 559 g/mol. The Balaban J connectivity index is 1.54. The number of nitrogens with one attached hydrogen (secondary N) is 1. The van der Waals surface area contributed by atoms with Gasteiger partial charge in [-0.05, 0) is 42.8 Å². The van der Waals surface area contributed by atoms with Crippen molar-refractivity contribution in [2.24, 2.45) is 0 Å². The molecule has 2 aromatic carbocycles. The number of anilines is 1. The van der Waals surface area contributed by atoms with Crippen molar-refractivity contribution in [3.63, 3.8) is 0 Å². The molecule has 0 spiro atoms. The molecule has 4 aromatic heterocycles. The summed E-state index contributed by atoms with van der Waals surface area (Å²) in [4.78, 5) is 18.3. The molecular weight excluding hydrogens is 536 g/mol. The van der Waals surface area contributed by atoms with Gasteiger partial charge in [0.05, 0.1) is 40.0 Å². The number of aliphatic hydroxyl groups excluding tert-OH is 1. The van der Waals surface area contributed by atoms with Crippen LogP contribution in [0.5, 0.6) is 5.75 Å². The lowest BCUT2D eigenvalue weighted by atomic mass is 10.0. The van der Waals surface area contributed by atoms with Crippen molar-refractivity contribution >= 4 is 49.1 Å². The van der Waals surface area contributed by atoms with Crippen molar-refractivity contribution in [2.75, 3.05) is 5.32 Å². The van der Waals surface area contributed by atoms with Gasteiger partial charge in [-0.1, -0.05) is 23.8 Å². The Bertz CT molecular complexity index is 1950. The van der Waals surface area contributed by atoms with E-state index in [1.807, 2.05) is 25.1 Å². The summed E-state index contributed by atoms with van der Waals surface area (Å²) >= 11 is 1.37. The highest BCUT2D eigenvalue weighted by Crippen LogP contribution is 2.37. The maximum atomic E-state index is 13.8. The molecule has 0 saturated heterocycles. The third kappa shape index (κ3) is 4.58. The van der Waals surface area contributed by atoms with Crippen LogP contribution in [0.3, 0.4) is 0 Å². The number of pyridine rings is 1. The van der Waals surface area contributed by atoms with Crippen molar-refractivity contribution in [1.82, 2.24) is 23.9 Å². The van der Waals surface area contributed by atoms with Gasteiger partial charge in [-0.15, -0.1) is 11.3 Å². The van der Waals surface area contributed by atoms with Gasteiger partial charge < -0.3 is 15.5 Å². The van der Waals surface area contributed by atoms with Gasteiger partial charge in [0.2, 0.25) is 0 Å². The molecule has 6 aromatic rings. The van der Waals surface area contributed by atoms with Gasteiger partial charge in [0.1, 0.15) is 22.9 Å². The predicted octanol–water partition coefficient (Wildman–Crippen LogP) is 4.46. The van der Waals surface area contributed by atoms with E-state index < -0.39 is 10.0 Å². The number of nitrogens with zero attached hydrogens (tertiary/aromatic N) is 5. The minimum Gasteiger partial charge on any atom is -0.506 e. The van der Waals surface area contributed by atoms with Crippen LogP contribution in [0, 0.1) is 6.92 Å². The SMILES string of the molecule is Cc1ccc(S(=O)(=O)n2cc(-c3ccc4ncc(O)cc4c3)c3c(NCc4ncc(CO)s4)ncnc32)cc1. The first kappa shape index (κ1) is 24.9. The molecule has 0 amide bonds. The maximum Gasteiger partial charge on any atom is 0.269 e. The number of aromatic nitrogens is 5. The molecule has 0 atom stereocenters. The standard InChI is InChI=1S/C27H22N6O4S2/c1-16-2-5-21(6-3-16)39(36,37)33-13-22(17-4-7-23-18(8-17)9-19(35)10-28-23)25-26(31-15-32-27(25)33)30-12-24-29-11-20(14-34)38-24/h2-11,13,15,34-35H,12,14H2,1H3,(H,30,31,32). The third-order valence-corrected chi connectivity index (χ3v) is 8.92. The Hall–Kier alpha value is -4.39. The smallest absolute Gasteiger partial charge is 0.269 e. The van der Waals surface area contributed by atoms with E-state index in [1.54, 1.807) is 42.7 Å². The molecule has 12 heteroatoms. The number of rotatable bonds is 7. The van der Waals surface area contributed by atoms with E-state index in [2.05, 4.69) is 25.3 Å². The van der Waals surface area contributed by atoms with Crippen LogP contribution in [0.15, 0.2) is 78.3 Å². The number of fused-ring (bicyclic) bond motifs is 2. The second-order valence-corrected chi connectivity index (χ2v) is 11.9. The topological polar surface area (TPSA) is 143 Å². The molecule has 0 bridgehead atoms. The van der Waals surface area contributed by atoms with Gasteiger partial charge >= 0.3 is 0 Å². The number of aliphatic hydroxyl groups is 1. The molecule has 0 unspecified atom stereocenters. The molecule has 0 aliphatic heterocycles. The van der Waals surface area contributed by atoms with Crippen LogP contribution in [0.25, 0.3) is 33.1 Å². The maximum absolute atomic E-state index is 13.8. The lowest BCUT2D eigenvalue weighted by Gasteiger charge is -2.09. The van der Waals surface area contributed by atoms with Crippen LogP contribution in [-0.4, -0.2) is 42.5 Å². The molecule has 0 radical (unpaired) electrons. The molecule has 0 aliphatic rings. The monoisotopic (exact) mass is 558 g/mol. The van der Waals surface area contributed by atoms with Crippen LogP contribution >= 0.6 is 11.3 Å². The van der Waals surface area contributed by atoms with Gasteiger partial charge in [-0.3, -0.25) is 4.98 Å². The summed E-state index contributed by atoms with van der Waals surface area (Å²) in [7, 11) is -3.99. The van der Waals surface area contributed by atoms with E-state index >= 15 is 0 Å². The van der Waals surface area contributed by atoms with Gasteiger partial charge in [0, 0.05) is 23.3 Å². The third-order valence-electron chi connectivity index (χ3n) is 6.27. The van der Waals surface area contributed by atoms with Crippen molar-refractivity contribution in [1.29, 1.82) is 0 Å². The number of hydrogen-bond donors (Lipinski definition) is 3. The summed E-state index contributed by atoms with van der Waals surface area (Å²) in [5.41, 5.74) is 3.13. The highest BCUT2D eigenvalue weighted by molar-refractivity contribution is 7.90. The van der Waals surface area contributed by atoms with E-state index in [1.165, 1.54) is 27.8 Å². The number of aromatic hydroxyl groups is 1. The van der Waals surface area contributed by atoms with Crippen molar-refractivity contribution in [3.8, 4) is 16.9 Å². The summed E-state index contributed by atoms with van der Waals surface area (Å²) in [6, 6.07) is 13.7. The van der Waals surface area contributed by atoms with E-state index in [9.17, 15) is 18.6 Å². The Morgan fingerprint density at radius 1 is 1.00 bits per heavy atom. The lowest BCUT2D eigenvalue weighted by molar-refractivity contribution is 0.285. The number of thiazole rings is 1. The Morgan fingerprint density at radius 2 is 1.82 bits per heavy atom. The highest BCUT2D eigenvalue weighted by atomic mass is 32.2. The Morgan fingerprint density at radius 3 is 2.59 bits per heavy atom. The molecular formula is C27H22N6O4S2. The Kier molecular flexibility index (Phi) is 6.22. The molecule has 196 valence electrons. The molecule has 0 fully saturated rings. The van der Waals surface area contributed by atoms with Crippen LogP contribution in [0.1, 0.15) is 15.4 Å². The average Bonchev–Trinajstić information content (AvgIpc) is 3.57. The summed E-state index contributed by atoms with van der Waals surface area (Å²) in [6.45, 7) is 2.12. The lowest BCUT2D eigenvalue weighted by Crippen LogP contribution is -2.12. The van der Waals surface area contributed by atoms with Crippen LogP contribution in [0.4, 0.5) is 5.82 Å². The van der Waals surface area contributed by atoms with Gasteiger partial charge in [0.25, 0.3) is 10.0 Å². The van der Waals surface area contributed by atoms with Crippen molar-refractivity contribution in [3.05, 3.63) is 88.9 Å². The first-order valence-electron chi connectivity index (χ1n) is 11.9. The van der Waals surface area contributed by atoms with E-state index in [4.69, 9.17) is 0 Å². The molecule has 3 N–H and O–H groups in total. The molecule has 4 heterocycles. The second kappa shape index (κ2) is 9.73. The zero-order valence-corrected chi connectivity index (χ0v) is 22.2. The van der Waals surface area contributed by atoms with Gasteiger partial charge in [-0.2, -0.15) is 0 Å². The molecule has 0 aliphatic carbocycles. The fourth-order valence-electron chi connectivity index (χ4n) is 4.34. The number of hydrogen-bond acceptors (Lipinski definition) is 10. The fraction of sp³-hybridized carbons (Fsp3) is 0.111. The molecule has 0 saturated carbocycles. The number of aryl methyl sites for hydroxylation is 1. The highest BCUT2D eigenvalue weighted by Gasteiger charge is 2.25. The Labute approximate surface area is 227 Å². The van der Waals surface area contributed by atoms with Crippen LogP contribution in [-0.2, 0) is 23.2 Å². The van der Waals surface area contributed by atoms with Crippen molar-refractivity contribution < 1.29 is 18.6 Å². The largest absolute Gasteiger partial charge is 0.506 e. The van der Waals surface area contributed by atoms with E-state index in [0.29, 0.717) is 39.8 Å². The first-order valence-corrected chi connectivity index (χ1v) is 14.1. The summed E-state index contributed by atoms with van der Waals surface area (Å²) in [5, 5.41) is 24.6. The fourth-order valence-corrected chi connectivity index (χ4v) is 6.38. The normalized spacial score (nSPS) is 11.8. The van der Waals surface area contributed by atoms with Crippen LogP contribution in [0.2, 0.25) is 0 Å². The zero-order chi connectivity index (χ0) is 27.1. The van der Waals surface area contributed by atoms with Gasteiger partial charge in [0.15, 0.2) is 5.65 Å². The summed E-state index contributed by atoms with van der Waals surface area (Å²) in [6.07, 6.45) is 5.86. The minimum atomic E-state index is -3.99. The van der Waals surface area contributed by atoms with Crippen molar-refractivity contribution in [2.45, 2.75) is 25.0 Å². The summed E-state index contributed by atoms with van der Waals surface area (Å²) in [5.74, 6) is 0.461. The van der Waals surface area contributed by atoms with Gasteiger partial charge in [-0.25, -0.2) is 27.3 Å². The molecule has 10 nitrogen and oxygen atoms in total. The molecule has 39 heavy (non-hydrogen) atoms. The quantitative estimate of drug-likeness (QED) is 0.259. The van der Waals surface area contributed by atoms with E-state index in [0.717, 1.165) is 15.4 Å².